The van der Waals surface area contributed by atoms with Gasteiger partial charge in [0, 0.05) is 17.3 Å². The highest BCUT2D eigenvalue weighted by atomic mass is 32.1. The van der Waals surface area contributed by atoms with E-state index in [2.05, 4.69) is 17.0 Å². The lowest BCUT2D eigenvalue weighted by Gasteiger charge is -2.10. The number of thiazole rings is 1. The summed E-state index contributed by atoms with van der Waals surface area (Å²) in [5, 5.41) is 8.97. The zero-order valence-electron chi connectivity index (χ0n) is 20.3. The highest BCUT2D eigenvalue weighted by Crippen LogP contribution is 2.29. The van der Waals surface area contributed by atoms with Crippen LogP contribution in [0.25, 0.3) is 28.0 Å². The van der Waals surface area contributed by atoms with E-state index < -0.39 is 5.56 Å². The molecule has 0 atom stereocenters. The van der Waals surface area contributed by atoms with Gasteiger partial charge in [0.1, 0.15) is 17.1 Å². The van der Waals surface area contributed by atoms with Crippen molar-refractivity contribution in [1.29, 1.82) is 0 Å². The van der Waals surface area contributed by atoms with Crippen LogP contribution in [0, 0.1) is 13.8 Å². The van der Waals surface area contributed by atoms with Gasteiger partial charge in [-0.25, -0.2) is 4.68 Å². The van der Waals surface area contributed by atoms with Gasteiger partial charge in [0.2, 0.25) is 4.96 Å². The summed E-state index contributed by atoms with van der Waals surface area (Å²) in [6, 6.07) is 15.8. The van der Waals surface area contributed by atoms with Crippen LogP contribution >= 0.6 is 11.3 Å². The summed E-state index contributed by atoms with van der Waals surface area (Å²) in [4.78, 5) is 29.2. The molecule has 5 aromatic rings. The molecular weight excluding hydrogens is 474 g/mol. The number of ether oxygens (including phenoxy) is 1. The number of benzene rings is 2. The number of unbranched alkanes of at least 4 members (excludes halogenated alkanes) is 1. The number of aryl methyl sites for hydroxylation is 2. The summed E-state index contributed by atoms with van der Waals surface area (Å²) >= 11 is 1.13. The largest absolute Gasteiger partial charge is 0.493 e. The van der Waals surface area contributed by atoms with Crippen LogP contribution < -0.4 is 20.4 Å². The number of hydrogen-bond donors (Lipinski definition) is 0. The normalized spacial score (nSPS) is 11.9. The molecule has 2 aromatic carbocycles. The van der Waals surface area contributed by atoms with Crippen LogP contribution in [0.5, 0.6) is 5.75 Å². The minimum absolute atomic E-state index is 0.184. The number of fused-ring (bicyclic) bond motifs is 1. The van der Waals surface area contributed by atoms with Crippen molar-refractivity contribution in [3.8, 4) is 22.7 Å². The topological polar surface area (TPSA) is 91.4 Å². The Morgan fingerprint density at radius 3 is 2.61 bits per heavy atom. The van der Waals surface area contributed by atoms with E-state index in [1.165, 1.54) is 4.52 Å². The van der Waals surface area contributed by atoms with Gasteiger partial charge in [-0.1, -0.05) is 42.9 Å². The molecule has 0 radical (unpaired) electrons. The van der Waals surface area contributed by atoms with Crippen LogP contribution in [0.1, 0.15) is 36.6 Å². The summed E-state index contributed by atoms with van der Waals surface area (Å²) in [5.41, 5.74) is 3.74. The first-order chi connectivity index (χ1) is 17.4. The first-order valence-electron chi connectivity index (χ1n) is 11.8. The lowest BCUT2D eigenvalue weighted by Crippen LogP contribution is -2.27. The lowest BCUT2D eigenvalue weighted by molar-refractivity contribution is 0.307. The molecule has 0 amide bonds. The number of para-hydroxylation sites is 1. The summed E-state index contributed by atoms with van der Waals surface area (Å²) < 4.78 is 9.32. The van der Waals surface area contributed by atoms with Crippen molar-refractivity contribution in [2.24, 2.45) is 0 Å². The molecule has 36 heavy (non-hydrogen) atoms. The highest BCUT2D eigenvalue weighted by Gasteiger charge is 2.15. The van der Waals surface area contributed by atoms with Gasteiger partial charge in [-0.05, 0) is 62.2 Å². The molecule has 0 spiro atoms. The van der Waals surface area contributed by atoms with Crippen molar-refractivity contribution in [2.75, 3.05) is 6.61 Å². The van der Waals surface area contributed by atoms with Crippen LogP contribution in [0.4, 0.5) is 0 Å². The smallest absolute Gasteiger partial charge is 0.295 e. The lowest BCUT2D eigenvalue weighted by atomic mass is 10.0. The predicted molar refractivity (Wildman–Crippen MR) is 141 cm³/mol. The third kappa shape index (κ3) is 4.57. The molecule has 0 aliphatic carbocycles. The van der Waals surface area contributed by atoms with Gasteiger partial charge in [-0.2, -0.15) is 19.7 Å². The van der Waals surface area contributed by atoms with Crippen molar-refractivity contribution in [3.05, 3.63) is 96.8 Å². The first-order valence-corrected chi connectivity index (χ1v) is 12.6. The molecule has 0 unspecified atom stereocenters. The van der Waals surface area contributed by atoms with Crippen molar-refractivity contribution in [1.82, 2.24) is 24.4 Å². The Hall–Kier alpha value is -4.11. The van der Waals surface area contributed by atoms with E-state index in [9.17, 15) is 9.59 Å². The third-order valence-electron chi connectivity index (χ3n) is 5.80. The van der Waals surface area contributed by atoms with Crippen LogP contribution in [0.3, 0.4) is 0 Å². The van der Waals surface area contributed by atoms with Crippen molar-refractivity contribution in [3.63, 3.8) is 0 Å². The fraction of sp³-hybridized carbons (Fsp3) is 0.222. The second-order valence-corrected chi connectivity index (χ2v) is 9.52. The van der Waals surface area contributed by atoms with Gasteiger partial charge in [0.25, 0.3) is 11.1 Å². The van der Waals surface area contributed by atoms with E-state index in [-0.39, 0.29) is 16.2 Å². The zero-order valence-corrected chi connectivity index (χ0v) is 21.1. The fourth-order valence-electron chi connectivity index (χ4n) is 3.84. The Labute approximate surface area is 211 Å². The Balaban J connectivity index is 1.65. The first kappa shape index (κ1) is 23.6. The number of nitrogens with zero attached hydrogens (tertiary/aromatic N) is 5. The van der Waals surface area contributed by atoms with Crippen LogP contribution in [-0.2, 0) is 0 Å². The predicted octanol–water partition coefficient (Wildman–Crippen LogP) is 3.71. The standard InChI is InChI=1S/C27H25N5O3S/c1-4-5-13-35-22-12-11-19(14-17(22)2)24-20(16-31(30-24)21-9-7-6-8-10-21)15-23-26(34)32-27(36-23)28-25(33)18(3)29-32/h6-12,14-16H,4-5,13H2,1-3H3/b23-15-. The van der Waals surface area contributed by atoms with Gasteiger partial charge in [-0.15, -0.1) is 0 Å². The maximum absolute atomic E-state index is 13.0. The molecule has 0 saturated carbocycles. The Morgan fingerprint density at radius 1 is 1.06 bits per heavy atom. The number of aromatic nitrogens is 5. The molecule has 8 nitrogen and oxygen atoms in total. The van der Waals surface area contributed by atoms with Crippen molar-refractivity contribution >= 4 is 22.4 Å². The number of hydrogen-bond acceptors (Lipinski definition) is 7. The van der Waals surface area contributed by atoms with Gasteiger partial charge >= 0.3 is 0 Å². The van der Waals surface area contributed by atoms with E-state index in [1.807, 2.05) is 61.7 Å². The molecule has 0 saturated heterocycles. The summed E-state index contributed by atoms with van der Waals surface area (Å²) in [5.74, 6) is 0.851. The van der Waals surface area contributed by atoms with E-state index in [4.69, 9.17) is 9.84 Å². The molecule has 9 heteroatoms. The maximum Gasteiger partial charge on any atom is 0.295 e. The molecule has 5 rings (SSSR count). The molecule has 0 aliphatic rings. The quantitative estimate of drug-likeness (QED) is 0.317. The van der Waals surface area contributed by atoms with Gasteiger partial charge in [0.05, 0.1) is 16.8 Å². The van der Waals surface area contributed by atoms with Gasteiger partial charge in [0.15, 0.2) is 0 Å². The van der Waals surface area contributed by atoms with Crippen LogP contribution in [0.15, 0.2) is 64.3 Å². The number of rotatable bonds is 7. The van der Waals surface area contributed by atoms with E-state index in [1.54, 1.807) is 17.7 Å². The molecular formula is C27H25N5O3S. The Bertz CT molecular complexity index is 1720. The monoisotopic (exact) mass is 499 g/mol. The van der Waals surface area contributed by atoms with Gasteiger partial charge in [-0.3, -0.25) is 9.59 Å². The van der Waals surface area contributed by atoms with Crippen molar-refractivity contribution in [2.45, 2.75) is 33.6 Å². The summed E-state index contributed by atoms with van der Waals surface area (Å²) in [6.45, 7) is 6.37. The average molecular weight is 500 g/mol. The molecule has 0 fully saturated rings. The minimum Gasteiger partial charge on any atom is -0.493 e. The molecule has 3 heterocycles. The van der Waals surface area contributed by atoms with E-state index in [0.717, 1.165) is 58.0 Å². The van der Waals surface area contributed by atoms with Crippen LogP contribution in [-0.4, -0.2) is 31.0 Å². The fourth-order valence-corrected chi connectivity index (χ4v) is 4.74. The average Bonchev–Trinajstić information content (AvgIpc) is 3.43. The van der Waals surface area contributed by atoms with E-state index >= 15 is 0 Å². The summed E-state index contributed by atoms with van der Waals surface area (Å²) in [7, 11) is 0. The minimum atomic E-state index is -0.433. The molecule has 3 aromatic heterocycles. The second kappa shape index (κ2) is 9.87. The molecule has 0 N–H and O–H groups in total. The highest BCUT2D eigenvalue weighted by molar-refractivity contribution is 7.15. The van der Waals surface area contributed by atoms with Crippen LogP contribution in [0.2, 0.25) is 0 Å². The summed E-state index contributed by atoms with van der Waals surface area (Å²) in [6.07, 6.45) is 5.76. The molecule has 0 bridgehead atoms. The Morgan fingerprint density at radius 2 is 1.86 bits per heavy atom. The SMILES string of the molecule is CCCCOc1ccc(-c2nn(-c3ccccc3)cc2/C=c2\sc3nc(=O)c(C)nn3c2=O)cc1C. The molecule has 0 aliphatic heterocycles. The maximum atomic E-state index is 13.0. The Kier molecular flexibility index (Phi) is 6.47. The second-order valence-electron chi connectivity index (χ2n) is 8.51. The third-order valence-corrected chi connectivity index (χ3v) is 6.76. The molecule has 182 valence electrons. The van der Waals surface area contributed by atoms with Crippen molar-refractivity contribution < 1.29 is 4.74 Å². The van der Waals surface area contributed by atoms with Gasteiger partial charge < -0.3 is 4.74 Å². The zero-order chi connectivity index (χ0) is 25.2. The van der Waals surface area contributed by atoms with E-state index in [0.29, 0.717) is 11.1 Å².